The van der Waals surface area contributed by atoms with Crippen molar-refractivity contribution in [1.29, 1.82) is 0 Å². The van der Waals surface area contributed by atoms with E-state index < -0.39 is 17.5 Å². The molecule has 9 heavy (non-hydrogen) atoms. The van der Waals surface area contributed by atoms with E-state index in [1.165, 1.54) is 0 Å². The Kier molecular flexibility index (Phi) is 12.0. The maximum absolute atomic E-state index is 9.99. The Labute approximate surface area is 74.1 Å². The van der Waals surface area contributed by atoms with E-state index in [0.29, 0.717) is 0 Å². The summed E-state index contributed by atoms with van der Waals surface area (Å²) in [4.78, 5) is 9.99. The summed E-state index contributed by atoms with van der Waals surface area (Å²) in [6, 6.07) is 0. The van der Waals surface area contributed by atoms with Crippen LogP contribution in [0.25, 0.3) is 0 Å². The van der Waals surface area contributed by atoms with Crippen molar-refractivity contribution in [3.8, 4) is 0 Å². The SMILES string of the molecule is Br.C[O][Zn][CH2]C(C)C=O. The summed E-state index contributed by atoms with van der Waals surface area (Å²) in [7, 11) is 1.72. The quantitative estimate of drug-likeness (QED) is 0.556. The second-order valence-corrected chi connectivity index (χ2v) is 5.17. The van der Waals surface area contributed by atoms with Crippen LogP contribution >= 0.6 is 17.0 Å². The van der Waals surface area contributed by atoms with Gasteiger partial charge in [-0.15, -0.1) is 17.0 Å². The molecule has 0 radical (unpaired) electrons. The van der Waals surface area contributed by atoms with E-state index in [9.17, 15) is 4.79 Å². The van der Waals surface area contributed by atoms with Gasteiger partial charge in [-0.3, -0.25) is 0 Å². The van der Waals surface area contributed by atoms with Crippen LogP contribution in [0.3, 0.4) is 0 Å². The molecule has 0 rings (SSSR count). The fourth-order valence-corrected chi connectivity index (χ4v) is 1.93. The van der Waals surface area contributed by atoms with Crippen LogP contribution in [0.4, 0.5) is 0 Å². The number of aldehydes is 1. The first-order valence-corrected chi connectivity index (χ1v) is 6.06. The Bertz CT molecular complexity index is 70.0. The second-order valence-electron chi connectivity index (χ2n) is 1.89. The van der Waals surface area contributed by atoms with E-state index >= 15 is 0 Å². The van der Waals surface area contributed by atoms with E-state index in [2.05, 4.69) is 0 Å². The summed E-state index contributed by atoms with van der Waals surface area (Å²) in [6.45, 7) is 1.93. The van der Waals surface area contributed by atoms with Crippen molar-refractivity contribution in [2.45, 2.75) is 11.9 Å². The molecule has 0 saturated heterocycles. The minimum absolute atomic E-state index is 0. The van der Waals surface area contributed by atoms with Crippen molar-refractivity contribution in [2.24, 2.45) is 5.92 Å². The summed E-state index contributed by atoms with van der Waals surface area (Å²) < 4.78 is 4.94. The van der Waals surface area contributed by atoms with Crippen LogP contribution in [-0.2, 0) is 25.8 Å². The second kappa shape index (κ2) is 8.73. The van der Waals surface area contributed by atoms with Crippen molar-refractivity contribution < 1.29 is 25.8 Å². The molecule has 0 fully saturated rings. The Morgan fingerprint density at radius 2 is 2.33 bits per heavy atom. The Morgan fingerprint density at radius 3 is 2.67 bits per heavy atom. The summed E-state index contributed by atoms with van der Waals surface area (Å²) in [5.74, 6) is 0.231. The molecule has 0 aliphatic carbocycles. The van der Waals surface area contributed by atoms with Gasteiger partial charge in [0.15, 0.2) is 0 Å². The third kappa shape index (κ3) is 8.73. The molecule has 0 aromatic carbocycles. The van der Waals surface area contributed by atoms with Crippen molar-refractivity contribution >= 4 is 23.3 Å². The summed E-state index contributed by atoms with van der Waals surface area (Å²) in [5.41, 5.74) is 0. The van der Waals surface area contributed by atoms with E-state index in [1.807, 2.05) is 6.92 Å². The molecule has 0 aliphatic heterocycles. The summed E-state index contributed by atoms with van der Waals surface area (Å²) in [5, 5.41) is 1.02. The van der Waals surface area contributed by atoms with E-state index in [4.69, 9.17) is 3.56 Å². The van der Waals surface area contributed by atoms with Gasteiger partial charge in [-0.25, -0.2) is 0 Å². The van der Waals surface area contributed by atoms with Crippen LogP contribution in [0, 0.1) is 5.92 Å². The average Bonchev–Trinajstić information content (AvgIpc) is 1.83. The molecule has 0 aromatic rings. The van der Waals surface area contributed by atoms with Crippen molar-refractivity contribution in [3.05, 3.63) is 0 Å². The Balaban J connectivity index is 0. The van der Waals surface area contributed by atoms with Crippen LogP contribution in [0.15, 0.2) is 0 Å². The average molecular weight is 248 g/mol. The van der Waals surface area contributed by atoms with E-state index in [1.54, 1.807) is 7.11 Å². The molecule has 1 unspecified atom stereocenters. The fourth-order valence-electron chi connectivity index (χ4n) is 0.372. The number of hydrogen-bond acceptors (Lipinski definition) is 2. The molecule has 52 valence electrons. The van der Waals surface area contributed by atoms with Gasteiger partial charge in [-0.2, -0.15) is 0 Å². The minimum atomic E-state index is -0.735. The number of halogens is 1. The Morgan fingerprint density at radius 1 is 1.78 bits per heavy atom. The maximum atomic E-state index is 9.99. The van der Waals surface area contributed by atoms with Crippen LogP contribution in [0.5, 0.6) is 0 Å². The molecular formula is C5H11BrO2Zn. The zero-order valence-electron chi connectivity index (χ0n) is 5.79. The first-order valence-electron chi connectivity index (χ1n) is 2.75. The summed E-state index contributed by atoms with van der Waals surface area (Å²) >= 11 is -0.735. The normalized spacial score (nSPS) is 10.9. The molecule has 0 bridgehead atoms. The number of rotatable bonds is 4. The number of hydrogen-bond donors (Lipinski definition) is 0. The molecule has 4 heteroatoms. The van der Waals surface area contributed by atoms with Crippen LogP contribution < -0.4 is 0 Å². The third-order valence-corrected chi connectivity index (χ3v) is 4.27. The molecule has 1 atom stereocenters. The standard InChI is InChI=1S/C4H7O.CH3O.BrH.Zn/c1-4(2)3-5;1-2;;/h3-4H,1H2,2H3;1H3;1H;/q;-1;;+1. The monoisotopic (exact) mass is 246 g/mol. The topological polar surface area (TPSA) is 26.3 Å². The van der Waals surface area contributed by atoms with Gasteiger partial charge >= 0.3 is 57.1 Å². The van der Waals surface area contributed by atoms with Gasteiger partial charge in [-0.05, 0) is 0 Å². The van der Waals surface area contributed by atoms with Gasteiger partial charge in [0, 0.05) is 0 Å². The van der Waals surface area contributed by atoms with E-state index in [-0.39, 0.29) is 22.9 Å². The third-order valence-electron chi connectivity index (χ3n) is 1.01. The van der Waals surface area contributed by atoms with Crippen molar-refractivity contribution in [3.63, 3.8) is 0 Å². The van der Waals surface area contributed by atoms with Crippen LogP contribution in [0.2, 0.25) is 5.02 Å². The molecule has 0 aliphatic rings. The predicted molar refractivity (Wildman–Crippen MR) is 37.4 cm³/mol. The van der Waals surface area contributed by atoms with E-state index in [0.717, 1.165) is 11.3 Å². The molecule has 0 heterocycles. The van der Waals surface area contributed by atoms with Gasteiger partial charge < -0.3 is 0 Å². The van der Waals surface area contributed by atoms with Crippen molar-refractivity contribution in [1.82, 2.24) is 0 Å². The first kappa shape index (κ1) is 12.4. The Hall–Kier alpha value is 0.733. The molecule has 0 N–H and O–H groups in total. The number of carbonyl (C=O) groups excluding carboxylic acids is 1. The van der Waals surface area contributed by atoms with Crippen LogP contribution in [0.1, 0.15) is 6.92 Å². The van der Waals surface area contributed by atoms with Gasteiger partial charge in [0.05, 0.1) is 0 Å². The molecule has 2 nitrogen and oxygen atoms in total. The van der Waals surface area contributed by atoms with Gasteiger partial charge in [-0.1, -0.05) is 0 Å². The zero-order valence-corrected chi connectivity index (χ0v) is 10.5. The van der Waals surface area contributed by atoms with Gasteiger partial charge in [0.25, 0.3) is 0 Å². The van der Waals surface area contributed by atoms with Gasteiger partial charge in [0.2, 0.25) is 0 Å². The van der Waals surface area contributed by atoms with Gasteiger partial charge in [0.1, 0.15) is 0 Å². The zero-order chi connectivity index (χ0) is 6.41. The first-order chi connectivity index (χ1) is 3.81. The molecular weight excluding hydrogens is 237 g/mol. The fraction of sp³-hybridized carbons (Fsp3) is 0.800. The molecule has 0 aromatic heterocycles. The number of carbonyl (C=O) groups is 1. The predicted octanol–water partition coefficient (Wildman–Crippen LogP) is 1.46. The van der Waals surface area contributed by atoms with Crippen molar-refractivity contribution in [2.75, 3.05) is 7.11 Å². The summed E-state index contributed by atoms with van der Waals surface area (Å²) in [6.07, 6.45) is 0.990. The van der Waals surface area contributed by atoms with Crippen LogP contribution in [-0.4, -0.2) is 13.4 Å². The molecule has 0 spiro atoms. The molecule has 0 amide bonds. The molecule has 0 saturated carbocycles.